The number of rotatable bonds is 2. The van der Waals surface area contributed by atoms with Crippen molar-refractivity contribution in [3.8, 4) is 0 Å². The van der Waals surface area contributed by atoms with E-state index < -0.39 is 29.3 Å². The van der Waals surface area contributed by atoms with Crippen molar-refractivity contribution >= 4 is 12.1 Å². The molecule has 2 atom stereocenters. The van der Waals surface area contributed by atoms with Gasteiger partial charge in [0, 0.05) is 6.42 Å². The summed E-state index contributed by atoms with van der Waals surface area (Å²) in [6.07, 6.45) is -0.794. The molecule has 1 aromatic rings. The van der Waals surface area contributed by atoms with Gasteiger partial charge in [0.15, 0.2) is 0 Å². The number of hydrogen-bond donors (Lipinski definition) is 2. The fraction of sp³-hybridized carbons (Fsp3) is 0.500. The first-order valence-electron chi connectivity index (χ1n) is 7.13. The van der Waals surface area contributed by atoms with Crippen molar-refractivity contribution in [3.05, 3.63) is 35.9 Å². The van der Waals surface area contributed by atoms with Crippen molar-refractivity contribution in [1.29, 1.82) is 0 Å². The number of ether oxygens (including phenoxy) is 1. The van der Waals surface area contributed by atoms with E-state index in [1.54, 1.807) is 45.0 Å². The Labute approximate surface area is 129 Å². The van der Waals surface area contributed by atoms with Gasteiger partial charge in [-0.1, -0.05) is 30.3 Å². The van der Waals surface area contributed by atoms with E-state index in [-0.39, 0.29) is 13.0 Å². The van der Waals surface area contributed by atoms with Gasteiger partial charge in [-0.3, -0.25) is 4.90 Å². The number of aliphatic carboxylic acids is 1. The van der Waals surface area contributed by atoms with Crippen molar-refractivity contribution in [2.24, 2.45) is 0 Å². The summed E-state index contributed by atoms with van der Waals surface area (Å²) in [6.45, 7) is 5.02. The SMILES string of the molecule is CC(C)(C)OC(=O)N1C[C@@](O)(c2ccccc2)C[C@@H]1C(=O)O. The van der Waals surface area contributed by atoms with Gasteiger partial charge in [0.05, 0.1) is 6.54 Å². The van der Waals surface area contributed by atoms with Crippen LogP contribution >= 0.6 is 0 Å². The predicted molar refractivity (Wildman–Crippen MR) is 79.3 cm³/mol. The smallest absolute Gasteiger partial charge is 0.411 e. The number of likely N-dealkylation sites (tertiary alicyclic amines) is 1. The summed E-state index contributed by atoms with van der Waals surface area (Å²) < 4.78 is 5.24. The first-order valence-corrected chi connectivity index (χ1v) is 7.13. The number of β-amino-alcohol motifs (C(OH)–C–C–N with tert-alkyl or cyclic N) is 1. The van der Waals surface area contributed by atoms with Crippen LogP contribution in [0.5, 0.6) is 0 Å². The number of carboxylic acids is 1. The van der Waals surface area contributed by atoms with Crippen molar-refractivity contribution < 1.29 is 24.5 Å². The third-order valence-corrected chi connectivity index (χ3v) is 3.56. The Kier molecular flexibility index (Phi) is 4.15. The summed E-state index contributed by atoms with van der Waals surface area (Å²) in [6, 6.07) is 7.66. The summed E-state index contributed by atoms with van der Waals surface area (Å²) >= 11 is 0. The van der Waals surface area contributed by atoms with E-state index in [9.17, 15) is 19.8 Å². The molecule has 1 heterocycles. The van der Waals surface area contributed by atoms with Crippen molar-refractivity contribution in [1.82, 2.24) is 4.90 Å². The van der Waals surface area contributed by atoms with Crippen LogP contribution in [0.3, 0.4) is 0 Å². The molecular weight excluding hydrogens is 286 g/mol. The molecule has 1 saturated heterocycles. The standard InChI is InChI=1S/C16H21NO5/c1-15(2,3)22-14(20)17-10-16(21,9-12(17)13(18)19)11-7-5-4-6-8-11/h4-8,12,21H,9-10H2,1-3H3,(H,18,19)/t12-,16-/m1/s1. The fourth-order valence-electron chi connectivity index (χ4n) is 2.58. The Bertz CT molecular complexity index is 566. The maximum Gasteiger partial charge on any atom is 0.411 e. The summed E-state index contributed by atoms with van der Waals surface area (Å²) in [5, 5.41) is 20.1. The number of benzene rings is 1. The van der Waals surface area contributed by atoms with E-state index in [1.807, 2.05) is 6.07 Å². The highest BCUT2D eigenvalue weighted by Crippen LogP contribution is 2.36. The monoisotopic (exact) mass is 307 g/mol. The third kappa shape index (κ3) is 3.39. The molecule has 6 nitrogen and oxygen atoms in total. The van der Waals surface area contributed by atoms with Crippen molar-refractivity contribution in [2.75, 3.05) is 6.54 Å². The maximum absolute atomic E-state index is 12.2. The van der Waals surface area contributed by atoms with Gasteiger partial charge < -0.3 is 14.9 Å². The topological polar surface area (TPSA) is 87.1 Å². The van der Waals surface area contributed by atoms with E-state index in [0.29, 0.717) is 5.56 Å². The largest absolute Gasteiger partial charge is 0.480 e. The second kappa shape index (κ2) is 5.61. The minimum absolute atomic E-state index is 0.0639. The minimum atomic E-state index is -1.39. The first kappa shape index (κ1) is 16.3. The van der Waals surface area contributed by atoms with Crippen LogP contribution in [0.4, 0.5) is 4.79 Å². The summed E-state index contributed by atoms with van der Waals surface area (Å²) in [5.41, 5.74) is -1.53. The number of aliphatic hydroxyl groups is 1. The second-order valence-corrected chi connectivity index (χ2v) is 6.56. The highest BCUT2D eigenvalue weighted by Gasteiger charge is 2.50. The second-order valence-electron chi connectivity index (χ2n) is 6.56. The van der Waals surface area contributed by atoms with Crippen LogP contribution in [0.25, 0.3) is 0 Å². The van der Waals surface area contributed by atoms with Gasteiger partial charge in [-0.05, 0) is 26.3 Å². The molecule has 1 aliphatic heterocycles. The van der Waals surface area contributed by atoms with Crippen LogP contribution in [0.2, 0.25) is 0 Å². The van der Waals surface area contributed by atoms with E-state index in [0.717, 1.165) is 4.90 Å². The fourth-order valence-corrected chi connectivity index (χ4v) is 2.58. The van der Waals surface area contributed by atoms with Crippen molar-refractivity contribution in [3.63, 3.8) is 0 Å². The molecule has 0 saturated carbocycles. The number of hydrogen-bond acceptors (Lipinski definition) is 4. The molecule has 2 rings (SSSR count). The number of carboxylic acid groups (broad SMARTS) is 1. The molecule has 22 heavy (non-hydrogen) atoms. The Morgan fingerprint density at radius 1 is 1.27 bits per heavy atom. The Balaban J connectivity index is 2.27. The average molecular weight is 307 g/mol. The molecule has 1 amide bonds. The highest BCUT2D eigenvalue weighted by molar-refractivity contribution is 5.81. The lowest BCUT2D eigenvalue weighted by atomic mass is 9.91. The molecule has 0 radical (unpaired) electrons. The lowest BCUT2D eigenvalue weighted by molar-refractivity contribution is -0.142. The predicted octanol–water partition coefficient (Wildman–Crippen LogP) is 1.97. The summed E-state index contributed by atoms with van der Waals surface area (Å²) in [7, 11) is 0. The third-order valence-electron chi connectivity index (χ3n) is 3.56. The molecule has 1 fully saturated rings. The Morgan fingerprint density at radius 2 is 1.86 bits per heavy atom. The van der Waals surface area contributed by atoms with Gasteiger partial charge in [0.1, 0.15) is 17.2 Å². The highest BCUT2D eigenvalue weighted by atomic mass is 16.6. The number of carbonyl (C=O) groups excluding carboxylic acids is 1. The van der Waals surface area contributed by atoms with Crippen LogP contribution in [-0.2, 0) is 15.1 Å². The van der Waals surface area contributed by atoms with E-state index in [4.69, 9.17) is 4.74 Å². The minimum Gasteiger partial charge on any atom is -0.480 e. The van der Waals surface area contributed by atoms with Gasteiger partial charge in [-0.25, -0.2) is 9.59 Å². The van der Waals surface area contributed by atoms with Gasteiger partial charge in [0.25, 0.3) is 0 Å². The molecule has 2 N–H and O–H groups in total. The zero-order chi connectivity index (χ0) is 16.5. The van der Waals surface area contributed by atoms with Crippen LogP contribution in [0.1, 0.15) is 32.8 Å². The molecule has 0 spiro atoms. The lowest BCUT2D eigenvalue weighted by Crippen LogP contribution is -2.43. The van der Waals surface area contributed by atoms with E-state index >= 15 is 0 Å². The molecule has 120 valence electrons. The summed E-state index contributed by atoms with van der Waals surface area (Å²) in [4.78, 5) is 24.7. The molecule has 6 heteroatoms. The zero-order valence-electron chi connectivity index (χ0n) is 12.9. The van der Waals surface area contributed by atoms with Crippen LogP contribution in [0, 0.1) is 0 Å². The number of nitrogens with zero attached hydrogens (tertiary/aromatic N) is 1. The van der Waals surface area contributed by atoms with Gasteiger partial charge >= 0.3 is 12.1 Å². The molecule has 0 aliphatic carbocycles. The van der Waals surface area contributed by atoms with E-state index in [1.165, 1.54) is 0 Å². The molecule has 0 bridgehead atoms. The molecular formula is C16H21NO5. The zero-order valence-corrected chi connectivity index (χ0v) is 12.9. The quantitative estimate of drug-likeness (QED) is 0.872. The normalized spacial score (nSPS) is 25.1. The Morgan fingerprint density at radius 3 is 2.36 bits per heavy atom. The molecule has 1 aromatic carbocycles. The van der Waals surface area contributed by atoms with Crippen molar-refractivity contribution in [2.45, 2.75) is 44.4 Å². The van der Waals surface area contributed by atoms with Gasteiger partial charge in [-0.2, -0.15) is 0 Å². The van der Waals surface area contributed by atoms with Crippen LogP contribution in [-0.4, -0.2) is 45.4 Å². The first-order chi connectivity index (χ1) is 10.1. The molecule has 0 unspecified atom stereocenters. The molecule has 1 aliphatic rings. The van der Waals surface area contributed by atoms with Gasteiger partial charge in [-0.15, -0.1) is 0 Å². The average Bonchev–Trinajstić information content (AvgIpc) is 2.78. The van der Waals surface area contributed by atoms with Crippen LogP contribution in [0.15, 0.2) is 30.3 Å². The van der Waals surface area contributed by atoms with Crippen LogP contribution < -0.4 is 0 Å². The lowest BCUT2D eigenvalue weighted by Gasteiger charge is -2.27. The maximum atomic E-state index is 12.2. The Hall–Kier alpha value is -2.08. The van der Waals surface area contributed by atoms with Gasteiger partial charge in [0.2, 0.25) is 0 Å². The van der Waals surface area contributed by atoms with E-state index in [2.05, 4.69) is 0 Å². The number of amides is 1. The number of carbonyl (C=O) groups is 2. The molecule has 0 aromatic heterocycles. The summed E-state index contributed by atoms with van der Waals surface area (Å²) in [5.74, 6) is -1.15.